The third kappa shape index (κ3) is 4.95. The lowest BCUT2D eigenvalue weighted by atomic mass is 10.1. The molecule has 0 radical (unpaired) electrons. The minimum Gasteiger partial charge on any atom is -0.454 e. The smallest absolute Gasteiger partial charge is 0.268 e. The van der Waals surface area contributed by atoms with Crippen LogP contribution in [0.5, 0.6) is 11.5 Å². The molecule has 1 aliphatic heterocycles. The lowest BCUT2D eigenvalue weighted by Crippen LogP contribution is -2.34. The van der Waals surface area contributed by atoms with E-state index in [1.165, 1.54) is 11.3 Å². The molecule has 31 heavy (non-hydrogen) atoms. The first kappa shape index (κ1) is 20.7. The Morgan fingerprint density at radius 3 is 2.65 bits per heavy atom. The molecule has 6 nitrogen and oxygen atoms in total. The van der Waals surface area contributed by atoms with Crippen molar-refractivity contribution < 1.29 is 19.1 Å². The average molecular weight is 435 g/mol. The first-order chi connectivity index (χ1) is 15.0. The van der Waals surface area contributed by atoms with E-state index < -0.39 is 0 Å². The molecule has 4 rings (SSSR count). The van der Waals surface area contributed by atoms with Crippen LogP contribution in [-0.2, 0) is 11.3 Å². The summed E-state index contributed by atoms with van der Waals surface area (Å²) in [4.78, 5) is 26.6. The standard InChI is InChI=1S/C24H22N2O4S/c1-15-5-7-18(10-16(15)2)23(27)26-20(12-19-4-3-9-31-19)24(28)25-13-17-6-8-21-22(11-17)30-14-29-21/h3-12H,13-14H2,1-2H3,(H,25,28)(H,26,27). The minimum absolute atomic E-state index is 0.187. The number of benzene rings is 2. The highest BCUT2D eigenvalue weighted by Gasteiger charge is 2.17. The first-order valence-corrected chi connectivity index (χ1v) is 10.7. The second-order valence-corrected chi connectivity index (χ2v) is 8.18. The van der Waals surface area contributed by atoms with Gasteiger partial charge in [-0.3, -0.25) is 9.59 Å². The Bertz CT molecular complexity index is 1150. The van der Waals surface area contributed by atoms with Crippen LogP contribution < -0.4 is 20.1 Å². The molecule has 3 aromatic rings. The van der Waals surface area contributed by atoms with Crippen LogP contribution in [0.2, 0.25) is 0 Å². The quantitative estimate of drug-likeness (QED) is 0.571. The van der Waals surface area contributed by atoms with Gasteiger partial charge in [0.15, 0.2) is 11.5 Å². The highest BCUT2D eigenvalue weighted by Crippen LogP contribution is 2.32. The molecular formula is C24H22N2O4S. The number of aryl methyl sites for hydroxylation is 2. The van der Waals surface area contributed by atoms with E-state index in [0.717, 1.165) is 21.6 Å². The summed E-state index contributed by atoms with van der Waals surface area (Å²) < 4.78 is 10.7. The summed E-state index contributed by atoms with van der Waals surface area (Å²) in [7, 11) is 0. The van der Waals surface area contributed by atoms with E-state index in [1.807, 2.05) is 61.7 Å². The van der Waals surface area contributed by atoms with Crippen molar-refractivity contribution in [1.29, 1.82) is 0 Å². The highest BCUT2D eigenvalue weighted by atomic mass is 32.1. The van der Waals surface area contributed by atoms with E-state index >= 15 is 0 Å². The summed E-state index contributed by atoms with van der Waals surface area (Å²) in [6.07, 6.45) is 1.68. The Balaban J connectivity index is 1.49. The molecule has 0 aliphatic carbocycles. The van der Waals surface area contributed by atoms with Gasteiger partial charge in [0.1, 0.15) is 5.70 Å². The zero-order valence-corrected chi connectivity index (χ0v) is 18.0. The van der Waals surface area contributed by atoms with Crippen LogP contribution >= 0.6 is 11.3 Å². The average Bonchev–Trinajstić information content (AvgIpc) is 3.44. The van der Waals surface area contributed by atoms with Crippen molar-refractivity contribution in [3.8, 4) is 11.5 Å². The van der Waals surface area contributed by atoms with Crippen LogP contribution in [0.15, 0.2) is 59.6 Å². The molecule has 0 unspecified atom stereocenters. The van der Waals surface area contributed by atoms with E-state index in [9.17, 15) is 9.59 Å². The van der Waals surface area contributed by atoms with Crippen molar-refractivity contribution >= 4 is 29.2 Å². The SMILES string of the molecule is Cc1ccc(C(=O)NC(=Cc2cccs2)C(=O)NCc2ccc3c(c2)OCO3)cc1C. The van der Waals surface area contributed by atoms with Crippen LogP contribution in [0, 0.1) is 13.8 Å². The fourth-order valence-corrected chi connectivity index (χ4v) is 3.74. The zero-order chi connectivity index (χ0) is 21.8. The van der Waals surface area contributed by atoms with Gasteiger partial charge in [0.05, 0.1) is 0 Å². The van der Waals surface area contributed by atoms with Gasteiger partial charge in [-0.05, 0) is 72.3 Å². The molecule has 0 saturated heterocycles. The maximum atomic E-state index is 12.9. The Morgan fingerprint density at radius 1 is 1.03 bits per heavy atom. The predicted molar refractivity (Wildman–Crippen MR) is 120 cm³/mol. The fraction of sp³-hybridized carbons (Fsp3) is 0.167. The van der Waals surface area contributed by atoms with Crippen molar-refractivity contribution in [3.05, 3.63) is 86.7 Å². The molecule has 0 fully saturated rings. The largest absolute Gasteiger partial charge is 0.454 e. The van der Waals surface area contributed by atoms with Gasteiger partial charge in [0, 0.05) is 17.0 Å². The Hall–Kier alpha value is -3.58. The zero-order valence-electron chi connectivity index (χ0n) is 17.2. The van der Waals surface area contributed by atoms with Gasteiger partial charge in [0.25, 0.3) is 11.8 Å². The number of hydrogen-bond donors (Lipinski definition) is 2. The molecule has 0 saturated carbocycles. The number of hydrogen-bond acceptors (Lipinski definition) is 5. The minimum atomic E-state index is -0.372. The molecule has 2 N–H and O–H groups in total. The van der Waals surface area contributed by atoms with Gasteiger partial charge < -0.3 is 20.1 Å². The van der Waals surface area contributed by atoms with E-state index in [-0.39, 0.29) is 30.8 Å². The number of carbonyl (C=O) groups is 2. The number of carbonyl (C=O) groups excluding carboxylic acids is 2. The third-order valence-electron chi connectivity index (χ3n) is 4.98. The Kier molecular flexibility index (Phi) is 6.04. The fourth-order valence-electron chi connectivity index (χ4n) is 3.08. The lowest BCUT2D eigenvalue weighted by Gasteiger charge is -2.12. The normalized spacial score (nSPS) is 12.5. The van der Waals surface area contributed by atoms with Crippen LogP contribution in [0.3, 0.4) is 0 Å². The molecular weight excluding hydrogens is 412 g/mol. The van der Waals surface area contributed by atoms with Crippen molar-refractivity contribution in [2.45, 2.75) is 20.4 Å². The summed E-state index contributed by atoms with van der Waals surface area (Å²) >= 11 is 1.49. The molecule has 2 heterocycles. The number of thiophene rings is 1. The molecule has 158 valence electrons. The molecule has 1 aliphatic rings. The highest BCUT2D eigenvalue weighted by molar-refractivity contribution is 7.10. The topological polar surface area (TPSA) is 76.7 Å². The molecule has 1 aromatic heterocycles. The summed E-state index contributed by atoms with van der Waals surface area (Å²) in [5.74, 6) is 0.644. The third-order valence-corrected chi connectivity index (χ3v) is 5.80. The molecule has 0 spiro atoms. The molecule has 0 atom stereocenters. The van der Waals surface area contributed by atoms with Gasteiger partial charge in [0.2, 0.25) is 6.79 Å². The number of amides is 2. The number of ether oxygens (including phenoxy) is 2. The van der Waals surface area contributed by atoms with Gasteiger partial charge in [-0.25, -0.2) is 0 Å². The Morgan fingerprint density at radius 2 is 1.87 bits per heavy atom. The van der Waals surface area contributed by atoms with Crippen molar-refractivity contribution in [2.24, 2.45) is 0 Å². The van der Waals surface area contributed by atoms with Crippen LogP contribution in [-0.4, -0.2) is 18.6 Å². The molecule has 2 aromatic carbocycles. The maximum Gasteiger partial charge on any atom is 0.268 e. The molecule has 7 heteroatoms. The number of nitrogens with one attached hydrogen (secondary N) is 2. The molecule has 0 bridgehead atoms. The maximum absolute atomic E-state index is 12.9. The second kappa shape index (κ2) is 9.06. The van der Waals surface area contributed by atoms with E-state index in [4.69, 9.17) is 9.47 Å². The van der Waals surface area contributed by atoms with Crippen molar-refractivity contribution in [1.82, 2.24) is 10.6 Å². The van der Waals surface area contributed by atoms with Gasteiger partial charge in [-0.1, -0.05) is 18.2 Å². The van der Waals surface area contributed by atoms with Gasteiger partial charge in [-0.2, -0.15) is 0 Å². The monoisotopic (exact) mass is 434 g/mol. The van der Waals surface area contributed by atoms with E-state index in [0.29, 0.717) is 17.1 Å². The van der Waals surface area contributed by atoms with Crippen molar-refractivity contribution in [2.75, 3.05) is 6.79 Å². The van der Waals surface area contributed by atoms with E-state index in [1.54, 1.807) is 12.1 Å². The molecule has 2 amide bonds. The number of fused-ring (bicyclic) bond motifs is 1. The van der Waals surface area contributed by atoms with Crippen LogP contribution in [0.25, 0.3) is 6.08 Å². The van der Waals surface area contributed by atoms with Crippen LogP contribution in [0.4, 0.5) is 0 Å². The Labute approximate surface area is 184 Å². The summed E-state index contributed by atoms with van der Waals surface area (Å²) in [5, 5.41) is 7.55. The summed E-state index contributed by atoms with van der Waals surface area (Å²) in [5.41, 5.74) is 3.68. The number of rotatable bonds is 6. The van der Waals surface area contributed by atoms with E-state index in [2.05, 4.69) is 10.6 Å². The van der Waals surface area contributed by atoms with Gasteiger partial charge in [-0.15, -0.1) is 11.3 Å². The van der Waals surface area contributed by atoms with Crippen molar-refractivity contribution in [3.63, 3.8) is 0 Å². The summed E-state index contributed by atoms with van der Waals surface area (Å²) in [6.45, 7) is 4.43. The first-order valence-electron chi connectivity index (χ1n) is 9.80. The van der Waals surface area contributed by atoms with Crippen LogP contribution in [0.1, 0.15) is 31.9 Å². The lowest BCUT2D eigenvalue weighted by molar-refractivity contribution is -0.117. The predicted octanol–water partition coefficient (Wildman–Crippen LogP) is 4.18. The summed E-state index contributed by atoms with van der Waals surface area (Å²) in [6, 6.07) is 14.8. The second-order valence-electron chi connectivity index (χ2n) is 7.20. The van der Waals surface area contributed by atoms with Gasteiger partial charge >= 0.3 is 0 Å².